The molecule has 4 aromatic rings. The SMILES string of the molecule is COc1cc(C)cc2oc3oc(=N)c(C(=O)c4ccccc4)cc3c(=O)c12. The molecular weight excluding hydrogens is 346 g/mol. The number of rotatable bonds is 3. The van der Waals surface area contributed by atoms with E-state index in [4.69, 9.17) is 19.0 Å². The van der Waals surface area contributed by atoms with Crippen molar-refractivity contribution in [1.29, 1.82) is 5.41 Å². The zero-order valence-electron chi connectivity index (χ0n) is 14.7. The van der Waals surface area contributed by atoms with Crippen LogP contribution in [0.2, 0.25) is 0 Å². The molecule has 0 unspecified atom stereocenters. The highest BCUT2D eigenvalue weighted by Crippen LogP contribution is 2.27. The Hall–Kier alpha value is -3.67. The molecule has 0 bridgehead atoms. The fourth-order valence-corrected chi connectivity index (χ4v) is 3.04. The van der Waals surface area contributed by atoms with E-state index in [9.17, 15) is 9.59 Å². The fraction of sp³-hybridized carbons (Fsp3) is 0.0952. The number of carbonyl (C=O) groups is 1. The van der Waals surface area contributed by atoms with Crippen molar-refractivity contribution in [3.63, 3.8) is 0 Å². The van der Waals surface area contributed by atoms with Crippen LogP contribution in [0.5, 0.6) is 5.75 Å². The first-order chi connectivity index (χ1) is 13.0. The van der Waals surface area contributed by atoms with Crippen molar-refractivity contribution >= 4 is 27.9 Å². The lowest BCUT2D eigenvalue weighted by molar-refractivity contribution is 0.103. The Morgan fingerprint density at radius 2 is 1.81 bits per heavy atom. The summed E-state index contributed by atoms with van der Waals surface area (Å²) in [5.41, 5.74) is 0.802. The molecule has 2 aromatic carbocycles. The normalized spacial score (nSPS) is 11.0. The first kappa shape index (κ1) is 16.8. The van der Waals surface area contributed by atoms with Crippen LogP contribution >= 0.6 is 0 Å². The molecule has 134 valence electrons. The average molecular weight is 361 g/mol. The maximum atomic E-state index is 13.0. The van der Waals surface area contributed by atoms with Crippen LogP contribution in [0.1, 0.15) is 21.5 Å². The summed E-state index contributed by atoms with van der Waals surface area (Å²) in [6.07, 6.45) is 0. The van der Waals surface area contributed by atoms with Crippen molar-refractivity contribution in [2.45, 2.75) is 6.92 Å². The maximum Gasteiger partial charge on any atom is 0.303 e. The molecule has 2 aromatic heterocycles. The summed E-state index contributed by atoms with van der Waals surface area (Å²) in [6.45, 7) is 1.85. The minimum atomic E-state index is -0.401. The molecule has 0 aliphatic carbocycles. The van der Waals surface area contributed by atoms with Gasteiger partial charge in [0, 0.05) is 5.56 Å². The minimum Gasteiger partial charge on any atom is -0.496 e. The Bertz CT molecular complexity index is 1320. The van der Waals surface area contributed by atoms with Gasteiger partial charge in [-0.1, -0.05) is 30.3 Å². The molecule has 0 atom stereocenters. The minimum absolute atomic E-state index is 0.00794. The van der Waals surface area contributed by atoms with Crippen molar-refractivity contribution in [3.05, 3.63) is 81.0 Å². The van der Waals surface area contributed by atoms with E-state index in [0.717, 1.165) is 5.56 Å². The monoisotopic (exact) mass is 361 g/mol. The van der Waals surface area contributed by atoms with Crippen molar-refractivity contribution < 1.29 is 18.4 Å². The van der Waals surface area contributed by atoms with Crippen LogP contribution in [0.4, 0.5) is 0 Å². The van der Waals surface area contributed by atoms with Crippen molar-refractivity contribution in [2.24, 2.45) is 0 Å². The Morgan fingerprint density at radius 1 is 1.07 bits per heavy atom. The highest BCUT2D eigenvalue weighted by atomic mass is 16.5. The molecular formula is C21H15NO5. The van der Waals surface area contributed by atoms with Crippen LogP contribution < -0.4 is 15.7 Å². The molecule has 0 aliphatic heterocycles. The summed E-state index contributed by atoms with van der Waals surface area (Å²) in [7, 11) is 1.47. The predicted molar refractivity (Wildman–Crippen MR) is 99.3 cm³/mol. The predicted octanol–water partition coefficient (Wildman–Crippen LogP) is 3.57. The second kappa shape index (κ2) is 6.25. The zero-order chi connectivity index (χ0) is 19.1. The van der Waals surface area contributed by atoms with E-state index in [1.165, 1.54) is 13.2 Å². The van der Waals surface area contributed by atoms with Crippen LogP contribution in [-0.4, -0.2) is 12.9 Å². The average Bonchev–Trinajstić information content (AvgIpc) is 2.67. The van der Waals surface area contributed by atoms with E-state index in [2.05, 4.69) is 0 Å². The number of hydrogen-bond acceptors (Lipinski definition) is 6. The lowest BCUT2D eigenvalue weighted by Crippen LogP contribution is -2.17. The smallest absolute Gasteiger partial charge is 0.303 e. The fourth-order valence-electron chi connectivity index (χ4n) is 3.04. The number of methoxy groups -OCH3 is 1. The van der Waals surface area contributed by atoms with E-state index in [1.807, 2.05) is 6.92 Å². The van der Waals surface area contributed by atoms with Crippen LogP contribution in [0.25, 0.3) is 22.1 Å². The van der Waals surface area contributed by atoms with Crippen LogP contribution in [0.15, 0.2) is 62.2 Å². The molecule has 0 fully saturated rings. The number of ketones is 1. The summed E-state index contributed by atoms with van der Waals surface area (Å²) >= 11 is 0. The number of aryl methyl sites for hydroxylation is 1. The number of carbonyl (C=O) groups excluding carboxylic acids is 1. The van der Waals surface area contributed by atoms with Crippen LogP contribution in [0, 0.1) is 12.3 Å². The quantitative estimate of drug-likeness (QED) is 0.445. The maximum absolute atomic E-state index is 13.0. The van der Waals surface area contributed by atoms with Gasteiger partial charge in [0.1, 0.15) is 22.1 Å². The molecule has 27 heavy (non-hydrogen) atoms. The van der Waals surface area contributed by atoms with Gasteiger partial charge < -0.3 is 13.6 Å². The molecule has 0 saturated heterocycles. The van der Waals surface area contributed by atoms with Crippen molar-refractivity contribution in [1.82, 2.24) is 0 Å². The molecule has 4 rings (SSSR count). The summed E-state index contributed by atoms with van der Waals surface area (Å²) < 4.78 is 16.4. The summed E-state index contributed by atoms with van der Waals surface area (Å²) in [4.78, 5) is 25.7. The Balaban J connectivity index is 2.04. The molecule has 0 amide bonds. The molecule has 0 aliphatic rings. The Kier molecular flexibility index (Phi) is 3.88. The lowest BCUT2D eigenvalue weighted by atomic mass is 10.0. The lowest BCUT2D eigenvalue weighted by Gasteiger charge is -2.08. The van der Waals surface area contributed by atoms with Crippen LogP contribution in [0.3, 0.4) is 0 Å². The first-order valence-corrected chi connectivity index (χ1v) is 8.23. The van der Waals surface area contributed by atoms with Gasteiger partial charge in [0.05, 0.1) is 12.7 Å². The van der Waals surface area contributed by atoms with Gasteiger partial charge in [-0.15, -0.1) is 0 Å². The number of hydrogen-bond donors (Lipinski definition) is 1. The third kappa shape index (κ3) is 2.71. The van der Waals surface area contributed by atoms with E-state index in [0.29, 0.717) is 16.9 Å². The van der Waals surface area contributed by atoms with Gasteiger partial charge >= 0.3 is 5.78 Å². The summed E-state index contributed by atoms with van der Waals surface area (Å²) in [6, 6.07) is 13.3. The molecule has 2 heterocycles. The number of ether oxygens (including phenoxy) is 1. The summed E-state index contributed by atoms with van der Waals surface area (Å²) in [5.74, 6) is -0.122. The van der Waals surface area contributed by atoms with Gasteiger partial charge in [0.25, 0.3) is 0 Å². The van der Waals surface area contributed by atoms with Crippen molar-refractivity contribution in [2.75, 3.05) is 7.11 Å². The molecule has 0 radical (unpaired) electrons. The van der Waals surface area contributed by atoms with Gasteiger partial charge in [-0.25, -0.2) is 0 Å². The standard InChI is InChI=1S/C21H15NO5/c1-11-8-15(25-2)17-16(9-11)26-21-14(19(17)24)10-13(20(22)27-21)18(23)12-6-4-3-5-7-12/h3-10,22H,1-2H3. The van der Waals surface area contributed by atoms with E-state index >= 15 is 0 Å². The molecule has 6 nitrogen and oxygen atoms in total. The van der Waals surface area contributed by atoms with Crippen LogP contribution in [-0.2, 0) is 0 Å². The van der Waals surface area contributed by atoms with E-state index in [-0.39, 0.29) is 33.1 Å². The zero-order valence-corrected chi connectivity index (χ0v) is 14.7. The van der Waals surface area contributed by atoms with E-state index < -0.39 is 5.78 Å². The van der Waals surface area contributed by atoms with E-state index in [1.54, 1.807) is 42.5 Å². The molecule has 6 heteroatoms. The third-order valence-electron chi connectivity index (χ3n) is 4.33. The molecule has 1 N–H and O–H groups in total. The van der Waals surface area contributed by atoms with Gasteiger partial charge in [0.2, 0.25) is 11.0 Å². The number of fused-ring (bicyclic) bond motifs is 2. The Morgan fingerprint density at radius 3 is 2.52 bits per heavy atom. The topological polar surface area (TPSA) is 93.5 Å². The van der Waals surface area contributed by atoms with Crippen molar-refractivity contribution in [3.8, 4) is 5.75 Å². The number of benzene rings is 2. The van der Waals surface area contributed by atoms with Gasteiger partial charge in [-0.3, -0.25) is 15.0 Å². The second-order valence-corrected chi connectivity index (χ2v) is 6.16. The third-order valence-corrected chi connectivity index (χ3v) is 4.33. The first-order valence-electron chi connectivity index (χ1n) is 8.23. The molecule has 0 saturated carbocycles. The van der Waals surface area contributed by atoms with Gasteiger partial charge in [0.15, 0.2) is 5.78 Å². The number of nitrogens with one attached hydrogen (secondary N) is 1. The second-order valence-electron chi connectivity index (χ2n) is 6.16. The highest BCUT2D eigenvalue weighted by molar-refractivity contribution is 6.09. The Labute approximate surface area is 153 Å². The summed E-state index contributed by atoms with van der Waals surface area (Å²) in [5, 5.41) is 8.41. The van der Waals surface area contributed by atoms with Gasteiger partial charge in [-0.05, 0) is 30.7 Å². The molecule has 0 spiro atoms. The highest BCUT2D eigenvalue weighted by Gasteiger charge is 2.19. The largest absolute Gasteiger partial charge is 0.496 e. The van der Waals surface area contributed by atoms with Gasteiger partial charge in [-0.2, -0.15) is 0 Å².